The molecule has 0 aliphatic rings. The third-order valence-electron chi connectivity index (χ3n) is 3.78. The predicted molar refractivity (Wildman–Crippen MR) is 91.1 cm³/mol. The Morgan fingerprint density at radius 3 is 2.39 bits per heavy atom. The van der Waals surface area contributed by atoms with Crippen LogP contribution in [0.25, 0.3) is 0 Å². The number of rotatable bonds is 6. The van der Waals surface area contributed by atoms with Gasteiger partial charge in [0.2, 0.25) is 0 Å². The largest absolute Gasteiger partial charge is 0.361 e. The molecule has 2 aromatic rings. The number of carbonyl (C=O) groups excluding carboxylic acids is 1. The first kappa shape index (κ1) is 17.5. The van der Waals surface area contributed by atoms with Gasteiger partial charge in [-0.1, -0.05) is 19.0 Å². The molecule has 2 rings (SSSR count). The van der Waals surface area contributed by atoms with E-state index in [1.165, 1.54) is 0 Å². The molecule has 23 heavy (non-hydrogen) atoms. The van der Waals surface area contributed by atoms with Crippen LogP contribution in [0.15, 0.2) is 9.90 Å². The molecule has 6 nitrogen and oxygen atoms in total. The van der Waals surface area contributed by atoms with Gasteiger partial charge in [-0.05, 0) is 20.8 Å². The lowest BCUT2D eigenvalue weighted by molar-refractivity contribution is 0.240. The molecule has 0 unspecified atom stereocenters. The Balaban J connectivity index is 1.77. The number of amides is 2. The molecule has 0 radical (unpaired) electrons. The van der Waals surface area contributed by atoms with Gasteiger partial charge in [0.15, 0.2) is 0 Å². The van der Waals surface area contributed by atoms with Crippen LogP contribution >= 0.6 is 11.3 Å². The van der Waals surface area contributed by atoms with Crippen molar-refractivity contribution in [2.75, 3.05) is 13.1 Å². The van der Waals surface area contributed by atoms with Gasteiger partial charge in [-0.15, -0.1) is 11.3 Å². The van der Waals surface area contributed by atoms with E-state index in [0.29, 0.717) is 13.1 Å². The number of aromatic nitrogens is 2. The fraction of sp³-hybridized carbons (Fsp3) is 0.562. The summed E-state index contributed by atoms with van der Waals surface area (Å²) in [7, 11) is 0. The molecule has 0 aromatic carbocycles. The van der Waals surface area contributed by atoms with Gasteiger partial charge in [0.25, 0.3) is 0 Å². The van der Waals surface area contributed by atoms with Crippen LogP contribution in [-0.4, -0.2) is 29.3 Å². The second-order valence-electron chi connectivity index (χ2n) is 5.96. The summed E-state index contributed by atoms with van der Waals surface area (Å²) in [4.78, 5) is 16.4. The molecule has 0 fully saturated rings. The standard InChI is InChI=1S/C16H24N4O2S/c1-9(14-12(4)20-22-13(14)5)6-17-16(21)18-7-10(2)15-19-11(3)8-23-15/h8-10H,6-7H2,1-5H3,(H2,17,18,21)/t9-,10-/m0/s1. The van der Waals surface area contributed by atoms with Crippen LogP contribution in [-0.2, 0) is 0 Å². The zero-order chi connectivity index (χ0) is 17.0. The van der Waals surface area contributed by atoms with Gasteiger partial charge in [0.1, 0.15) is 5.76 Å². The van der Waals surface area contributed by atoms with Crippen LogP contribution in [0, 0.1) is 20.8 Å². The lowest BCUT2D eigenvalue weighted by Gasteiger charge is -2.14. The van der Waals surface area contributed by atoms with Gasteiger partial charge in [0.05, 0.1) is 10.7 Å². The minimum atomic E-state index is -0.163. The fourth-order valence-corrected chi connectivity index (χ4v) is 3.39. The molecule has 0 spiro atoms. The number of hydrogen-bond acceptors (Lipinski definition) is 5. The summed E-state index contributed by atoms with van der Waals surface area (Å²) in [5, 5.41) is 12.8. The van der Waals surface area contributed by atoms with Crippen LogP contribution in [0.4, 0.5) is 4.79 Å². The molecular formula is C16H24N4O2S. The van der Waals surface area contributed by atoms with Gasteiger partial charge in [0, 0.05) is 41.6 Å². The minimum absolute atomic E-state index is 0.158. The number of nitrogens with zero attached hydrogens (tertiary/aromatic N) is 2. The van der Waals surface area contributed by atoms with Gasteiger partial charge in [-0.2, -0.15) is 0 Å². The second kappa shape index (κ2) is 7.59. The van der Waals surface area contributed by atoms with Crippen molar-refractivity contribution in [1.29, 1.82) is 0 Å². The normalized spacial score (nSPS) is 13.6. The predicted octanol–water partition coefficient (Wildman–Crippen LogP) is 3.26. The number of urea groups is 1. The first-order valence-corrected chi connectivity index (χ1v) is 8.63. The maximum absolute atomic E-state index is 11.9. The molecule has 7 heteroatoms. The zero-order valence-corrected chi connectivity index (χ0v) is 15.1. The van der Waals surface area contributed by atoms with Crippen molar-refractivity contribution >= 4 is 17.4 Å². The van der Waals surface area contributed by atoms with Gasteiger partial charge < -0.3 is 15.2 Å². The highest BCUT2D eigenvalue weighted by molar-refractivity contribution is 7.09. The van der Waals surface area contributed by atoms with Crippen LogP contribution in [0.2, 0.25) is 0 Å². The van der Waals surface area contributed by atoms with Crippen LogP contribution in [0.1, 0.15) is 53.4 Å². The topological polar surface area (TPSA) is 80.0 Å². The van der Waals surface area contributed by atoms with Crippen LogP contribution < -0.4 is 10.6 Å². The number of aryl methyl sites for hydroxylation is 3. The molecule has 126 valence electrons. The van der Waals surface area contributed by atoms with Gasteiger partial charge in [-0.25, -0.2) is 9.78 Å². The van der Waals surface area contributed by atoms with Crippen LogP contribution in [0.5, 0.6) is 0 Å². The Labute approximate surface area is 140 Å². The highest BCUT2D eigenvalue weighted by Gasteiger charge is 2.17. The molecule has 0 saturated heterocycles. The quantitative estimate of drug-likeness (QED) is 0.848. The molecule has 2 heterocycles. The van der Waals surface area contributed by atoms with E-state index in [-0.39, 0.29) is 17.9 Å². The summed E-state index contributed by atoms with van der Waals surface area (Å²) in [5.74, 6) is 1.18. The van der Waals surface area contributed by atoms with E-state index < -0.39 is 0 Å². The Morgan fingerprint density at radius 2 is 1.87 bits per heavy atom. The molecule has 2 aromatic heterocycles. The zero-order valence-electron chi connectivity index (χ0n) is 14.3. The summed E-state index contributed by atoms with van der Waals surface area (Å²) in [6.07, 6.45) is 0. The van der Waals surface area contributed by atoms with Crippen molar-refractivity contribution in [1.82, 2.24) is 20.8 Å². The fourth-order valence-electron chi connectivity index (χ4n) is 2.54. The molecule has 0 bridgehead atoms. The Hall–Kier alpha value is -1.89. The van der Waals surface area contributed by atoms with E-state index in [1.807, 2.05) is 33.1 Å². The van der Waals surface area contributed by atoms with Crippen LogP contribution in [0.3, 0.4) is 0 Å². The van der Waals surface area contributed by atoms with Crippen molar-refractivity contribution in [3.8, 4) is 0 Å². The molecule has 0 aliphatic heterocycles. The Bertz CT molecular complexity index is 645. The Kier molecular flexibility index (Phi) is 5.76. The second-order valence-corrected chi connectivity index (χ2v) is 6.85. The monoisotopic (exact) mass is 336 g/mol. The maximum Gasteiger partial charge on any atom is 0.314 e. The van der Waals surface area contributed by atoms with E-state index in [2.05, 4.69) is 27.7 Å². The molecule has 2 N–H and O–H groups in total. The van der Waals surface area contributed by atoms with E-state index in [1.54, 1.807) is 11.3 Å². The number of hydrogen-bond donors (Lipinski definition) is 2. The van der Waals surface area contributed by atoms with Crippen molar-refractivity contribution in [3.63, 3.8) is 0 Å². The summed E-state index contributed by atoms with van der Waals surface area (Å²) < 4.78 is 5.17. The maximum atomic E-state index is 11.9. The lowest BCUT2D eigenvalue weighted by atomic mass is 10.00. The highest BCUT2D eigenvalue weighted by Crippen LogP contribution is 2.22. The van der Waals surface area contributed by atoms with Gasteiger partial charge >= 0.3 is 6.03 Å². The summed E-state index contributed by atoms with van der Waals surface area (Å²) in [5.41, 5.74) is 2.97. The average molecular weight is 336 g/mol. The van der Waals surface area contributed by atoms with Gasteiger partial charge in [-0.3, -0.25) is 0 Å². The molecule has 2 amide bonds. The van der Waals surface area contributed by atoms with E-state index in [4.69, 9.17) is 4.52 Å². The van der Waals surface area contributed by atoms with E-state index >= 15 is 0 Å². The Morgan fingerprint density at radius 1 is 1.22 bits per heavy atom. The number of nitrogens with one attached hydrogen (secondary N) is 2. The number of thiazole rings is 1. The third-order valence-corrected chi connectivity index (χ3v) is 4.97. The summed E-state index contributed by atoms with van der Waals surface area (Å²) in [6, 6.07) is -0.163. The smallest absolute Gasteiger partial charge is 0.314 e. The average Bonchev–Trinajstić information content (AvgIpc) is 3.08. The SMILES string of the molecule is Cc1csc([C@@H](C)CNC(=O)NC[C@H](C)c2c(C)noc2C)n1. The highest BCUT2D eigenvalue weighted by atomic mass is 32.1. The van der Waals surface area contributed by atoms with Crippen molar-refractivity contribution in [3.05, 3.63) is 33.1 Å². The van der Waals surface area contributed by atoms with Crippen molar-refractivity contribution in [2.24, 2.45) is 0 Å². The van der Waals surface area contributed by atoms with Crippen molar-refractivity contribution in [2.45, 2.75) is 46.5 Å². The van der Waals surface area contributed by atoms with Crippen molar-refractivity contribution < 1.29 is 9.32 Å². The molecule has 2 atom stereocenters. The minimum Gasteiger partial charge on any atom is -0.361 e. The lowest BCUT2D eigenvalue weighted by Crippen LogP contribution is -2.39. The number of carbonyl (C=O) groups is 1. The first-order chi connectivity index (χ1) is 10.9. The molecular weight excluding hydrogens is 312 g/mol. The third kappa shape index (κ3) is 4.54. The van der Waals surface area contributed by atoms with E-state index in [9.17, 15) is 4.79 Å². The first-order valence-electron chi connectivity index (χ1n) is 7.75. The summed E-state index contributed by atoms with van der Waals surface area (Å²) in [6.45, 7) is 11.0. The molecule has 0 aliphatic carbocycles. The van der Waals surface area contributed by atoms with E-state index in [0.717, 1.165) is 27.7 Å². The molecule has 0 saturated carbocycles. The summed E-state index contributed by atoms with van der Waals surface area (Å²) >= 11 is 1.63.